The topological polar surface area (TPSA) is 57.5 Å². The zero-order valence-electron chi connectivity index (χ0n) is 8.81. The summed E-state index contributed by atoms with van der Waals surface area (Å²) in [6, 6.07) is 9.73. The summed E-state index contributed by atoms with van der Waals surface area (Å²) in [5, 5.41) is 18.4. The second-order valence-electron chi connectivity index (χ2n) is 4.05. The highest BCUT2D eigenvalue weighted by molar-refractivity contribution is 5.68. The van der Waals surface area contributed by atoms with E-state index in [2.05, 4.69) is 0 Å². The molecular weight excluding hydrogens is 192 g/mol. The molecule has 0 saturated carbocycles. The molecule has 3 nitrogen and oxygen atoms in total. The van der Waals surface area contributed by atoms with Gasteiger partial charge in [0.15, 0.2) is 0 Å². The summed E-state index contributed by atoms with van der Waals surface area (Å²) >= 11 is 0. The fourth-order valence-corrected chi connectivity index (χ4v) is 1.47. The van der Waals surface area contributed by atoms with Crippen LogP contribution in [0.2, 0.25) is 0 Å². The molecule has 0 saturated heterocycles. The second kappa shape index (κ2) is 4.94. The van der Waals surface area contributed by atoms with Gasteiger partial charge in [-0.05, 0) is 25.3 Å². The first kappa shape index (κ1) is 11.7. The van der Waals surface area contributed by atoms with E-state index < -0.39 is 11.6 Å². The number of hydrogen-bond acceptors (Lipinski definition) is 2. The Labute approximate surface area is 89.4 Å². The van der Waals surface area contributed by atoms with Crippen molar-refractivity contribution in [3.63, 3.8) is 0 Å². The quantitative estimate of drug-likeness (QED) is 0.776. The number of hydrogen-bond donors (Lipinski definition) is 2. The Kier molecular flexibility index (Phi) is 3.86. The van der Waals surface area contributed by atoms with E-state index in [0.717, 1.165) is 5.56 Å². The molecule has 3 heteroatoms. The lowest BCUT2D eigenvalue weighted by Crippen LogP contribution is -2.28. The zero-order valence-corrected chi connectivity index (χ0v) is 8.81. The number of aryl methyl sites for hydroxylation is 1. The average Bonchev–Trinajstić information content (AvgIpc) is 2.15. The van der Waals surface area contributed by atoms with E-state index in [1.165, 1.54) is 0 Å². The first-order valence-corrected chi connectivity index (χ1v) is 4.98. The molecule has 0 heterocycles. The van der Waals surface area contributed by atoms with E-state index in [0.29, 0.717) is 12.8 Å². The van der Waals surface area contributed by atoms with Crippen molar-refractivity contribution in [2.45, 2.75) is 31.8 Å². The van der Waals surface area contributed by atoms with Gasteiger partial charge in [-0.2, -0.15) is 0 Å². The van der Waals surface area contributed by atoms with Crippen LogP contribution in [-0.4, -0.2) is 21.8 Å². The molecule has 0 fully saturated rings. The van der Waals surface area contributed by atoms with Gasteiger partial charge in [-0.3, -0.25) is 4.79 Å². The summed E-state index contributed by atoms with van der Waals surface area (Å²) in [4.78, 5) is 10.5. The Morgan fingerprint density at radius 2 is 1.93 bits per heavy atom. The lowest BCUT2D eigenvalue weighted by Gasteiger charge is -2.20. The summed E-state index contributed by atoms with van der Waals surface area (Å²) in [5.74, 6) is -0.965. The van der Waals surface area contributed by atoms with E-state index in [1.807, 2.05) is 30.3 Å². The van der Waals surface area contributed by atoms with Crippen molar-refractivity contribution in [1.29, 1.82) is 0 Å². The molecule has 0 unspecified atom stereocenters. The van der Waals surface area contributed by atoms with Crippen molar-refractivity contribution in [3.8, 4) is 0 Å². The summed E-state index contributed by atoms with van der Waals surface area (Å²) in [5.41, 5.74) is -0.00930. The summed E-state index contributed by atoms with van der Waals surface area (Å²) in [6.07, 6.45) is 0.949. The van der Waals surface area contributed by atoms with Gasteiger partial charge in [-0.1, -0.05) is 30.3 Å². The van der Waals surface area contributed by atoms with Gasteiger partial charge < -0.3 is 10.2 Å². The van der Waals surface area contributed by atoms with E-state index >= 15 is 0 Å². The minimum absolute atomic E-state index is 0.208. The molecule has 1 aromatic carbocycles. The van der Waals surface area contributed by atoms with Gasteiger partial charge in [0.2, 0.25) is 0 Å². The predicted molar refractivity (Wildman–Crippen MR) is 57.6 cm³/mol. The molecule has 1 aromatic rings. The number of aliphatic hydroxyl groups is 1. The van der Waals surface area contributed by atoms with Crippen LogP contribution in [0, 0.1) is 0 Å². The van der Waals surface area contributed by atoms with Crippen molar-refractivity contribution in [2.24, 2.45) is 0 Å². The number of carboxylic acids is 1. The van der Waals surface area contributed by atoms with Gasteiger partial charge in [0.1, 0.15) is 0 Å². The lowest BCUT2D eigenvalue weighted by molar-refractivity contribution is -0.142. The van der Waals surface area contributed by atoms with Gasteiger partial charge >= 0.3 is 5.97 Å². The molecule has 2 N–H and O–H groups in total. The van der Waals surface area contributed by atoms with Crippen molar-refractivity contribution < 1.29 is 15.0 Å². The van der Waals surface area contributed by atoms with Crippen LogP contribution in [0.15, 0.2) is 30.3 Å². The molecule has 0 spiro atoms. The van der Waals surface area contributed by atoms with Gasteiger partial charge in [0.05, 0.1) is 12.0 Å². The van der Waals surface area contributed by atoms with E-state index in [9.17, 15) is 9.90 Å². The Balaban J connectivity index is 2.46. The maximum Gasteiger partial charge on any atom is 0.306 e. The highest BCUT2D eigenvalue weighted by Crippen LogP contribution is 2.17. The van der Waals surface area contributed by atoms with Crippen LogP contribution in [0.3, 0.4) is 0 Å². The molecule has 1 atom stereocenters. The molecule has 0 radical (unpaired) electrons. The van der Waals surface area contributed by atoms with Crippen LogP contribution in [0.5, 0.6) is 0 Å². The van der Waals surface area contributed by atoms with Gasteiger partial charge in [-0.25, -0.2) is 0 Å². The van der Waals surface area contributed by atoms with E-state index in [4.69, 9.17) is 5.11 Å². The number of aliphatic carboxylic acids is 1. The predicted octanol–water partition coefficient (Wildman–Crippen LogP) is 1.84. The van der Waals surface area contributed by atoms with Crippen molar-refractivity contribution in [1.82, 2.24) is 0 Å². The molecule has 0 aromatic heterocycles. The first-order chi connectivity index (χ1) is 6.99. The Morgan fingerprint density at radius 3 is 2.47 bits per heavy atom. The molecule has 0 aliphatic rings. The average molecular weight is 208 g/mol. The number of carboxylic acid groups (broad SMARTS) is 1. The SMILES string of the molecule is C[C@](O)(CCc1ccccc1)CC(=O)O. The van der Waals surface area contributed by atoms with Crippen LogP contribution >= 0.6 is 0 Å². The minimum Gasteiger partial charge on any atom is -0.481 e. The van der Waals surface area contributed by atoms with E-state index in [1.54, 1.807) is 6.92 Å². The van der Waals surface area contributed by atoms with Crippen molar-refractivity contribution >= 4 is 5.97 Å². The molecule has 15 heavy (non-hydrogen) atoms. The van der Waals surface area contributed by atoms with Crippen molar-refractivity contribution in [3.05, 3.63) is 35.9 Å². The first-order valence-electron chi connectivity index (χ1n) is 4.98. The normalized spacial score (nSPS) is 14.5. The third kappa shape index (κ3) is 4.61. The zero-order chi connectivity index (χ0) is 11.3. The Hall–Kier alpha value is -1.35. The fraction of sp³-hybridized carbons (Fsp3) is 0.417. The summed E-state index contributed by atoms with van der Waals surface area (Å²) in [6.45, 7) is 1.56. The Bertz CT molecular complexity index is 317. The van der Waals surface area contributed by atoms with Gasteiger partial charge in [0, 0.05) is 0 Å². The van der Waals surface area contributed by atoms with Crippen LogP contribution in [0.25, 0.3) is 0 Å². The maximum atomic E-state index is 10.5. The molecule has 82 valence electrons. The molecule has 0 bridgehead atoms. The van der Waals surface area contributed by atoms with E-state index in [-0.39, 0.29) is 6.42 Å². The number of carbonyl (C=O) groups is 1. The van der Waals surface area contributed by atoms with Crippen LogP contribution in [-0.2, 0) is 11.2 Å². The number of benzene rings is 1. The molecule has 0 aliphatic heterocycles. The maximum absolute atomic E-state index is 10.5. The van der Waals surface area contributed by atoms with Gasteiger partial charge in [-0.15, -0.1) is 0 Å². The summed E-state index contributed by atoms with van der Waals surface area (Å²) < 4.78 is 0. The highest BCUT2D eigenvalue weighted by Gasteiger charge is 2.23. The largest absolute Gasteiger partial charge is 0.481 e. The minimum atomic E-state index is -1.12. The van der Waals surface area contributed by atoms with Crippen LogP contribution in [0.1, 0.15) is 25.3 Å². The monoisotopic (exact) mass is 208 g/mol. The lowest BCUT2D eigenvalue weighted by atomic mass is 9.94. The highest BCUT2D eigenvalue weighted by atomic mass is 16.4. The Morgan fingerprint density at radius 1 is 1.33 bits per heavy atom. The summed E-state index contributed by atoms with van der Waals surface area (Å²) in [7, 11) is 0. The fourth-order valence-electron chi connectivity index (χ4n) is 1.47. The van der Waals surface area contributed by atoms with Gasteiger partial charge in [0.25, 0.3) is 0 Å². The van der Waals surface area contributed by atoms with Crippen LogP contribution in [0.4, 0.5) is 0 Å². The van der Waals surface area contributed by atoms with Crippen molar-refractivity contribution in [2.75, 3.05) is 0 Å². The smallest absolute Gasteiger partial charge is 0.306 e. The second-order valence-corrected chi connectivity index (χ2v) is 4.05. The number of rotatable bonds is 5. The van der Waals surface area contributed by atoms with Crippen LogP contribution < -0.4 is 0 Å². The molecule has 1 rings (SSSR count). The molecular formula is C12H16O3. The standard InChI is InChI=1S/C12H16O3/c1-12(15,9-11(13)14)8-7-10-5-3-2-4-6-10/h2-6,15H,7-9H2,1H3,(H,13,14)/t12-/m0/s1. The third-order valence-corrected chi connectivity index (χ3v) is 2.33. The molecule has 0 aliphatic carbocycles. The third-order valence-electron chi connectivity index (χ3n) is 2.33. The molecule has 0 amide bonds.